The summed E-state index contributed by atoms with van der Waals surface area (Å²) in [6.07, 6.45) is 0. The van der Waals surface area contributed by atoms with Gasteiger partial charge in [0.1, 0.15) is 0 Å². The van der Waals surface area contributed by atoms with E-state index in [9.17, 15) is 9.59 Å². The molecule has 0 aliphatic rings. The highest BCUT2D eigenvalue weighted by atomic mass is 16.5. The molecule has 0 spiro atoms. The Labute approximate surface area is 95.4 Å². The molecule has 1 atom stereocenters. The van der Waals surface area contributed by atoms with Gasteiger partial charge in [0.25, 0.3) is 0 Å². The van der Waals surface area contributed by atoms with Gasteiger partial charge in [0, 0.05) is 13.7 Å². The summed E-state index contributed by atoms with van der Waals surface area (Å²) in [5.41, 5.74) is -0.970. The summed E-state index contributed by atoms with van der Waals surface area (Å²) in [4.78, 5) is 22.1. The quantitative estimate of drug-likeness (QED) is 0.619. The fourth-order valence-corrected chi connectivity index (χ4v) is 0.943. The molecule has 0 aromatic heterocycles. The molecule has 0 bridgehead atoms. The van der Waals surface area contributed by atoms with Crippen LogP contribution in [0.15, 0.2) is 0 Å². The number of methoxy groups -OCH3 is 1. The molecule has 0 rings (SSSR count). The average Bonchev–Trinajstić information content (AvgIpc) is 2.15. The normalized spacial score (nSPS) is 13.0. The molecule has 6 heteroatoms. The van der Waals surface area contributed by atoms with E-state index in [1.54, 1.807) is 27.9 Å². The molecule has 94 valence electrons. The number of amides is 2. The minimum absolute atomic E-state index is 0.0773. The minimum Gasteiger partial charge on any atom is -0.481 e. The molecule has 3 N–H and O–H groups in total. The Bertz CT molecular complexity index is 253. The predicted molar refractivity (Wildman–Crippen MR) is 59.3 cm³/mol. The van der Waals surface area contributed by atoms with Crippen molar-refractivity contribution in [1.82, 2.24) is 10.6 Å². The van der Waals surface area contributed by atoms with Gasteiger partial charge in [0.15, 0.2) is 0 Å². The van der Waals surface area contributed by atoms with Crippen LogP contribution in [0.25, 0.3) is 0 Å². The van der Waals surface area contributed by atoms with Crippen LogP contribution < -0.4 is 10.6 Å². The maximum Gasteiger partial charge on any atom is 0.315 e. The van der Waals surface area contributed by atoms with Gasteiger partial charge in [-0.2, -0.15) is 0 Å². The van der Waals surface area contributed by atoms with Crippen molar-refractivity contribution in [1.29, 1.82) is 0 Å². The van der Waals surface area contributed by atoms with Gasteiger partial charge in [-0.25, -0.2) is 4.79 Å². The number of hydrogen-bond donors (Lipinski definition) is 3. The molecular weight excluding hydrogens is 212 g/mol. The predicted octanol–water partition coefficient (Wildman–Crippen LogP) is 0.431. The van der Waals surface area contributed by atoms with Crippen LogP contribution in [-0.2, 0) is 9.53 Å². The lowest BCUT2D eigenvalue weighted by atomic mass is 9.94. The number of carbonyl (C=O) groups is 2. The van der Waals surface area contributed by atoms with E-state index in [1.807, 2.05) is 0 Å². The highest BCUT2D eigenvalue weighted by Gasteiger charge is 2.27. The van der Waals surface area contributed by atoms with Crippen molar-refractivity contribution in [3.63, 3.8) is 0 Å². The number of hydrogen-bond acceptors (Lipinski definition) is 3. The molecule has 16 heavy (non-hydrogen) atoms. The number of carboxylic acid groups (broad SMARTS) is 1. The molecule has 6 nitrogen and oxygen atoms in total. The monoisotopic (exact) mass is 232 g/mol. The second kappa shape index (κ2) is 6.32. The van der Waals surface area contributed by atoms with Crippen molar-refractivity contribution in [2.24, 2.45) is 5.41 Å². The summed E-state index contributed by atoms with van der Waals surface area (Å²) in [6, 6.07) is -0.503. The summed E-state index contributed by atoms with van der Waals surface area (Å²) in [5.74, 6) is -0.947. The highest BCUT2D eigenvalue weighted by Crippen LogP contribution is 2.12. The van der Waals surface area contributed by atoms with E-state index in [0.29, 0.717) is 6.61 Å². The van der Waals surface area contributed by atoms with E-state index >= 15 is 0 Å². The first-order valence-electron chi connectivity index (χ1n) is 5.06. The summed E-state index contributed by atoms with van der Waals surface area (Å²) in [5, 5.41) is 14.0. The van der Waals surface area contributed by atoms with E-state index in [0.717, 1.165) is 0 Å². The van der Waals surface area contributed by atoms with Gasteiger partial charge in [-0.05, 0) is 20.8 Å². The van der Waals surface area contributed by atoms with Crippen molar-refractivity contribution < 1.29 is 19.4 Å². The first-order chi connectivity index (χ1) is 7.29. The Kier molecular flexibility index (Phi) is 5.81. The maximum absolute atomic E-state index is 11.3. The standard InChI is InChI=1S/C10H20N2O4/c1-7(5-16-4)12-9(15)11-6-10(2,3)8(13)14/h7H,5-6H2,1-4H3,(H,13,14)(H2,11,12,15). The van der Waals surface area contributed by atoms with Crippen LogP contribution in [0.2, 0.25) is 0 Å². The number of rotatable bonds is 6. The van der Waals surface area contributed by atoms with Crippen molar-refractivity contribution in [2.75, 3.05) is 20.3 Å². The first kappa shape index (κ1) is 14.7. The summed E-state index contributed by atoms with van der Waals surface area (Å²) < 4.78 is 4.85. The van der Waals surface area contributed by atoms with Crippen LogP contribution in [0.1, 0.15) is 20.8 Å². The number of urea groups is 1. The highest BCUT2D eigenvalue weighted by molar-refractivity contribution is 5.77. The molecule has 0 saturated heterocycles. The topological polar surface area (TPSA) is 87.7 Å². The Morgan fingerprint density at radius 1 is 1.44 bits per heavy atom. The molecule has 0 heterocycles. The Balaban J connectivity index is 3.94. The number of carbonyl (C=O) groups excluding carboxylic acids is 1. The summed E-state index contributed by atoms with van der Waals surface area (Å²) in [6.45, 7) is 5.39. The van der Waals surface area contributed by atoms with E-state index in [1.165, 1.54) is 0 Å². The fourth-order valence-electron chi connectivity index (χ4n) is 0.943. The molecule has 0 radical (unpaired) electrons. The minimum atomic E-state index is -0.970. The third kappa shape index (κ3) is 5.55. The van der Waals surface area contributed by atoms with Crippen molar-refractivity contribution in [3.05, 3.63) is 0 Å². The smallest absolute Gasteiger partial charge is 0.315 e. The Morgan fingerprint density at radius 2 is 2.00 bits per heavy atom. The van der Waals surface area contributed by atoms with Crippen molar-refractivity contribution in [2.45, 2.75) is 26.8 Å². The van der Waals surface area contributed by atoms with E-state index in [2.05, 4.69) is 10.6 Å². The maximum atomic E-state index is 11.3. The van der Waals surface area contributed by atoms with E-state index in [4.69, 9.17) is 9.84 Å². The summed E-state index contributed by atoms with van der Waals surface area (Å²) in [7, 11) is 1.55. The zero-order chi connectivity index (χ0) is 12.8. The second-order valence-corrected chi connectivity index (χ2v) is 4.37. The van der Waals surface area contributed by atoms with Crippen molar-refractivity contribution >= 4 is 12.0 Å². The molecule has 2 amide bonds. The van der Waals surface area contributed by atoms with Crippen LogP contribution in [0.4, 0.5) is 4.79 Å². The molecule has 0 fully saturated rings. The van der Waals surface area contributed by atoms with Gasteiger partial charge >= 0.3 is 12.0 Å². The average molecular weight is 232 g/mol. The lowest BCUT2D eigenvalue weighted by Gasteiger charge is -2.20. The van der Waals surface area contributed by atoms with Crippen LogP contribution in [0.3, 0.4) is 0 Å². The third-order valence-electron chi connectivity index (χ3n) is 2.06. The SMILES string of the molecule is COCC(C)NC(=O)NCC(C)(C)C(=O)O. The molecule has 0 aromatic carbocycles. The number of ether oxygens (including phenoxy) is 1. The van der Waals surface area contributed by atoms with Gasteiger partial charge < -0.3 is 20.5 Å². The molecular formula is C10H20N2O4. The van der Waals surface area contributed by atoms with Gasteiger partial charge in [0.2, 0.25) is 0 Å². The first-order valence-corrected chi connectivity index (χ1v) is 5.06. The Hall–Kier alpha value is -1.30. The van der Waals surface area contributed by atoms with Crippen molar-refractivity contribution in [3.8, 4) is 0 Å². The fraction of sp³-hybridized carbons (Fsp3) is 0.800. The number of aliphatic carboxylic acids is 1. The second-order valence-electron chi connectivity index (χ2n) is 4.37. The largest absolute Gasteiger partial charge is 0.481 e. The lowest BCUT2D eigenvalue weighted by molar-refractivity contribution is -0.146. The molecule has 0 aliphatic carbocycles. The van der Waals surface area contributed by atoms with Gasteiger partial charge in [0.05, 0.1) is 18.1 Å². The van der Waals surface area contributed by atoms with E-state index in [-0.39, 0.29) is 18.6 Å². The number of carboxylic acids is 1. The van der Waals surface area contributed by atoms with Crippen LogP contribution in [0, 0.1) is 5.41 Å². The van der Waals surface area contributed by atoms with Gasteiger partial charge in [-0.1, -0.05) is 0 Å². The molecule has 0 saturated carbocycles. The molecule has 0 aliphatic heterocycles. The molecule has 0 aromatic rings. The van der Waals surface area contributed by atoms with Gasteiger partial charge in [-0.15, -0.1) is 0 Å². The van der Waals surface area contributed by atoms with Gasteiger partial charge in [-0.3, -0.25) is 4.79 Å². The third-order valence-corrected chi connectivity index (χ3v) is 2.06. The van der Waals surface area contributed by atoms with Crippen LogP contribution in [0.5, 0.6) is 0 Å². The zero-order valence-corrected chi connectivity index (χ0v) is 10.2. The van der Waals surface area contributed by atoms with Crippen LogP contribution >= 0.6 is 0 Å². The lowest BCUT2D eigenvalue weighted by Crippen LogP contribution is -2.47. The van der Waals surface area contributed by atoms with E-state index < -0.39 is 11.4 Å². The zero-order valence-electron chi connectivity index (χ0n) is 10.2. The number of nitrogens with one attached hydrogen (secondary N) is 2. The molecule has 1 unspecified atom stereocenters. The Morgan fingerprint density at radius 3 is 2.44 bits per heavy atom. The van der Waals surface area contributed by atoms with Crippen LogP contribution in [-0.4, -0.2) is 43.4 Å². The summed E-state index contributed by atoms with van der Waals surface area (Å²) >= 11 is 0.